The third-order valence-electron chi connectivity index (χ3n) is 4.28. The number of hydrogen-bond acceptors (Lipinski definition) is 6. The molecule has 1 fully saturated rings. The molecule has 0 radical (unpaired) electrons. The lowest BCUT2D eigenvalue weighted by Gasteiger charge is -2.19. The molecule has 26 heavy (non-hydrogen) atoms. The van der Waals surface area contributed by atoms with Gasteiger partial charge in [-0.3, -0.25) is 9.69 Å². The van der Waals surface area contributed by atoms with Crippen LogP contribution < -0.4 is 9.47 Å². The summed E-state index contributed by atoms with van der Waals surface area (Å²) in [6.45, 7) is 3.89. The van der Waals surface area contributed by atoms with Crippen molar-refractivity contribution in [3.05, 3.63) is 29.3 Å². The van der Waals surface area contributed by atoms with E-state index in [1.807, 2.05) is 35.4 Å². The highest BCUT2D eigenvalue weighted by atomic mass is 35.5. The summed E-state index contributed by atoms with van der Waals surface area (Å²) in [5, 5.41) is 12.2. The van der Waals surface area contributed by atoms with E-state index >= 15 is 0 Å². The number of carbonyl (C=O) groups is 1. The van der Waals surface area contributed by atoms with Crippen LogP contribution in [0, 0.1) is 0 Å². The molecule has 1 unspecified atom stereocenters. The van der Waals surface area contributed by atoms with Crippen LogP contribution in [-0.4, -0.2) is 47.3 Å². The van der Waals surface area contributed by atoms with Crippen LogP contribution in [0.1, 0.15) is 25.5 Å². The predicted molar refractivity (Wildman–Crippen MR) is 104 cm³/mol. The highest BCUT2D eigenvalue weighted by Gasteiger charge is 2.30. The van der Waals surface area contributed by atoms with E-state index in [-0.39, 0.29) is 12.4 Å². The number of carboxylic acids is 1. The second-order valence-electron chi connectivity index (χ2n) is 5.91. The van der Waals surface area contributed by atoms with E-state index in [1.54, 1.807) is 18.4 Å². The molecule has 0 amide bonds. The first-order valence-corrected chi connectivity index (χ1v) is 9.22. The second-order valence-corrected chi connectivity index (χ2v) is 6.77. The Hall–Kier alpha value is -1.83. The number of ether oxygens (including phenoxy) is 2. The number of methoxy groups -OCH3 is 1. The van der Waals surface area contributed by atoms with Crippen LogP contribution in [0.15, 0.2) is 23.6 Å². The van der Waals surface area contributed by atoms with Crippen LogP contribution in [0.25, 0.3) is 10.6 Å². The average molecular weight is 399 g/mol. The van der Waals surface area contributed by atoms with Crippen LogP contribution >= 0.6 is 23.7 Å². The Morgan fingerprint density at radius 1 is 1.42 bits per heavy atom. The van der Waals surface area contributed by atoms with Gasteiger partial charge >= 0.3 is 5.97 Å². The van der Waals surface area contributed by atoms with E-state index in [1.165, 1.54) is 0 Å². The third kappa shape index (κ3) is 4.47. The molecule has 0 spiro atoms. The molecule has 2 heterocycles. The molecule has 2 aromatic rings. The van der Waals surface area contributed by atoms with Crippen LogP contribution in [0.3, 0.4) is 0 Å². The second kappa shape index (κ2) is 9.21. The van der Waals surface area contributed by atoms with Crippen molar-refractivity contribution in [3.8, 4) is 22.1 Å². The van der Waals surface area contributed by atoms with Crippen molar-refractivity contribution in [2.75, 3.05) is 20.3 Å². The van der Waals surface area contributed by atoms with Gasteiger partial charge in [-0.1, -0.05) is 0 Å². The minimum absolute atomic E-state index is 0. The van der Waals surface area contributed by atoms with E-state index in [4.69, 9.17) is 9.47 Å². The average Bonchev–Trinajstić information content (AvgIpc) is 3.25. The standard InChI is InChI=1S/C18H22N2O4S.ClH/c1-3-24-15-7-6-12(9-16(15)23-2)17-19-13(11-25-17)10-20-8-4-5-14(20)18(21)22;/h6-7,9,11,14H,3-5,8,10H2,1-2H3,(H,21,22);1H. The summed E-state index contributed by atoms with van der Waals surface area (Å²) in [5.74, 6) is 0.651. The van der Waals surface area contributed by atoms with E-state index in [0.717, 1.165) is 29.2 Å². The summed E-state index contributed by atoms with van der Waals surface area (Å²) < 4.78 is 10.9. The van der Waals surface area contributed by atoms with Gasteiger partial charge in [-0.05, 0) is 44.5 Å². The van der Waals surface area contributed by atoms with E-state index in [2.05, 4.69) is 4.98 Å². The number of hydrogen-bond donors (Lipinski definition) is 1. The molecule has 1 N–H and O–H groups in total. The lowest BCUT2D eigenvalue weighted by atomic mass is 10.2. The summed E-state index contributed by atoms with van der Waals surface area (Å²) in [6.07, 6.45) is 1.63. The molecule has 1 aromatic heterocycles. The lowest BCUT2D eigenvalue weighted by molar-refractivity contribution is -0.142. The molecule has 1 aliphatic rings. The third-order valence-corrected chi connectivity index (χ3v) is 5.22. The highest BCUT2D eigenvalue weighted by molar-refractivity contribution is 7.13. The van der Waals surface area contributed by atoms with Crippen molar-refractivity contribution in [3.63, 3.8) is 0 Å². The van der Waals surface area contributed by atoms with E-state index in [9.17, 15) is 9.90 Å². The Labute approximate surface area is 163 Å². The van der Waals surface area contributed by atoms with E-state index < -0.39 is 12.0 Å². The van der Waals surface area contributed by atoms with Gasteiger partial charge in [0.05, 0.1) is 19.4 Å². The Balaban J connectivity index is 0.00000243. The smallest absolute Gasteiger partial charge is 0.320 e. The van der Waals surface area contributed by atoms with Crippen LogP contribution in [0.2, 0.25) is 0 Å². The minimum atomic E-state index is -0.746. The summed E-state index contributed by atoms with van der Waals surface area (Å²) >= 11 is 1.55. The van der Waals surface area contributed by atoms with Crippen LogP contribution in [0.5, 0.6) is 11.5 Å². The minimum Gasteiger partial charge on any atom is -0.493 e. The largest absolute Gasteiger partial charge is 0.493 e. The molecule has 8 heteroatoms. The summed E-state index contributed by atoms with van der Waals surface area (Å²) in [7, 11) is 1.62. The van der Waals surface area contributed by atoms with Gasteiger partial charge in [0.1, 0.15) is 11.0 Å². The lowest BCUT2D eigenvalue weighted by Crippen LogP contribution is -2.35. The molecule has 1 aromatic carbocycles. The molecule has 1 aliphatic heterocycles. The highest BCUT2D eigenvalue weighted by Crippen LogP contribution is 2.34. The first-order valence-electron chi connectivity index (χ1n) is 8.34. The fraction of sp³-hybridized carbons (Fsp3) is 0.444. The zero-order chi connectivity index (χ0) is 17.8. The first kappa shape index (κ1) is 20.5. The van der Waals surface area contributed by atoms with Gasteiger partial charge < -0.3 is 14.6 Å². The molecule has 142 valence electrons. The molecular weight excluding hydrogens is 376 g/mol. The maximum atomic E-state index is 11.3. The summed E-state index contributed by atoms with van der Waals surface area (Å²) in [4.78, 5) is 18.0. The van der Waals surface area contributed by atoms with Gasteiger partial charge in [0.25, 0.3) is 0 Å². The quantitative estimate of drug-likeness (QED) is 0.766. The Bertz CT molecular complexity index is 753. The normalized spacial score (nSPS) is 16.9. The maximum Gasteiger partial charge on any atom is 0.320 e. The van der Waals surface area contributed by atoms with Crippen molar-refractivity contribution in [2.45, 2.75) is 32.4 Å². The molecule has 6 nitrogen and oxygen atoms in total. The Morgan fingerprint density at radius 2 is 2.23 bits per heavy atom. The Morgan fingerprint density at radius 3 is 2.92 bits per heavy atom. The van der Waals surface area contributed by atoms with E-state index in [0.29, 0.717) is 31.1 Å². The number of aromatic nitrogens is 1. The van der Waals surface area contributed by atoms with Crippen molar-refractivity contribution in [1.29, 1.82) is 0 Å². The van der Waals surface area contributed by atoms with Crippen molar-refractivity contribution in [1.82, 2.24) is 9.88 Å². The molecule has 3 rings (SSSR count). The number of carboxylic acid groups (broad SMARTS) is 1. The molecule has 1 saturated heterocycles. The number of nitrogens with zero attached hydrogens (tertiary/aromatic N) is 2. The molecule has 0 bridgehead atoms. The summed E-state index contributed by atoms with van der Waals surface area (Å²) in [6, 6.07) is 5.38. The Kier molecular flexibility index (Phi) is 7.25. The molecule has 0 aliphatic carbocycles. The number of rotatable bonds is 7. The predicted octanol–water partition coefficient (Wildman–Crippen LogP) is 3.69. The molecular formula is C18H23ClN2O4S. The zero-order valence-electron chi connectivity index (χ0n) is 14.8. The van der Waals surface area contributed by atoms with Crippen molar-refractivity contribution < 1.29 is 19.4 Å². The van der Waals surface area contributed by atoms with Crippen molar-refractivity contribution in [2.24, 2.45) is 0 Å². The number of benzene rings is 1. The first-order chi connectivity index (χ1) is 12.1. The topological polar surface area (TPSA) is 71.9 Å². The maximum absolute atomic E-state index is 11.3. The van der Waals surface area contributed by atoms with Gasteiger partial charge in [-0.25, -0.2) is 4.98 Å². The fourth-order valence-corrected chi connectivity index (χ4v) is 3.90. The van der Waals surface area contributed by atoms with Gasteiger partial charge in [-0.15, -0.1) is 23.7 Å². The number of halogens is 1. The van der Waals surface area contributed by atoms with Gasteiger partial charge in [0.15, 0.2) is 11.5 Å². The molecule has 0 saturated carbocycles. The van der Waals surface area contributed by atoms with Gasteiger partial charge in [0, 0.05) is 17.5 Å². The SMILES string of the molecule is CCOc1ccc(-c2nc(CN3CCCC3C(=O)O)cs2)cc1OC.Cl. The van der Waals surface area contributed by atoms with Crippen molar-refractivity contribution >= 4 is 29.7 Å². The van der Waals surface area contributed by atoms with Gasteiger partial charge in [-0.2, -0.15) is 0 Å². The van der Waals surface area contributed by atoms with Crippen LogP contribution in [0.4, 0.5) is 0 Å². The zero-order valence-corrected chi connectivity index (χ0v) is 16.4. The number of likely N-dealkylation sites (tertiary alicyclic amines) is 1. The number of aliphatic carboxylic acids is 1. The number of thiazole rings is 1. The molecule has 1 atom stereocenters. The fourth-order valence-electron chi connectivity index (χ4n) is 3.09. The monoisotopic (exact) mass is 398 g/mol. The van der Waals surface area contributed by atoms with Gasteiger partial charge in [0.2, 0.25) is 0 Å². The van der Waals surface area contributed by atoms with Crippen LogP contribution in [-0.2, 0) is 11.3 Å². The summed E-state index contributed by atoms with van der Waals surface area (Å²) in [5.41, 5.74) is 1.87.